The fourth-order valence-corrected chi connectivity index (χ4v) is 2.74. The lowest BCUT2D eigenvalue weighted by molar-refractivity contribution is -0.00692. The van der Waals surface area contributed by atoms with Gasteiger partial charge in [0.1, 0.15) is 11.9 Å². The number of aryl methyl sites for hydroxylation is 1. The minimum Gasteiger partial charge on any atom is -0.377 e. The number of aromatic nitrogens is 3. The third-order valence-corrected chi connectivity index (χ3v) is 3.81. The smallest absolute Gasteiger partial charge is 0.293 e. The molecular weight excluding hydrogens is 296 g/mol. The summed E-state index contributed by atoms with van der Waals surface area (Å²) in [5, 5.41) is 4.00. The van der Waals surface area contributed by atoms with E-state index in [4.69, 9.17) is 9.26 Å². The molecule has 1 amide bonds. The second-order valence-corrected chi connectivity index (χ2v) is 6.32. The highest BCUT2D eigenvalue weighted by Gasteiger charge is 2.33. The lowest BCUT2D eigenvalue weighted by Gasteiger charge is -2.33. The van der Waals surface area contributed by atoms with Gasteiger partial charge in [0.2, 0.25) is 5.76 Å². The van der Waals surface area contributed by atoms with Gasteiger partial charge in [-0.15, -0.1) is 0 Å². The molecule has 1 N–H and O–H groups in total. The monoisotopic (exact) mass is 318 g/mol. The predicted octanol–water partition coefficient (Wildman–Crippen LogP) is 2.12. The van der Waals surface area contributed by atoms with Gasteiger partial charge in [-0.1, -0.05) is 19.0 Å². The number of rotatable bonds is 4. The zero-order chi connectivity index (χ0) is 16.4. The van der Waals surface area contributed by atoms with Crippen molar-refractivity contribution in [2.75, 3.05) is 19.8 Å². The maximum Gasteiger partial charge on any atom is 0.293 e. The van der Waals surface area contributed by atoms with Crippen molar-refractivity contribution in [2.24, 2.45) is 5.92 Å². The van der Waals surface area contributed by atoms with Crippen molar-refractivity contribution in [1.29, 1.82) is 0 Å². The number of carbonyl (C=O) groups excluding carboxylic acids is 1. The first-order chi connectivity index (χ1) is 11.0. The lowest BCUT2D eigenvalue weighted by Crippen LogP contribution is -2.43. The Bertz CT molecular complexity index is 676. The maximum atomic E-state index is 12.8. The summed E-state index contributed by atoms with van der Waals surface area (Å²) >= 11 is 0. The summed E-state index contributed by atoms with van der Waals surface area (Å²) in [5.74, 6) is 1.30. The molecule has 1 atom stereocenters. The summed E-state index contributed by atoms with van der Waals surface area (Å²) in [6.07, 6.45) is 2.54. The van der Waals surface area contributed by atoms with E-state index in [1.807, 2.05) is 6.92 Å². The molecule has 1 saturated heterocycles. The van der Waals surface area contributed by atoms with Gasteiger partial charge in [-0.2, -0.15) is 0 Å². The van der Waals surface area contributed by atoms with Crippen molar-refractivity contribution in [1.82, 2.24) is 20.0 Å². The highest BCUT2D eigenvalue weighted by atomic mass is 16.5. The molecule has 23 heavy (non-hydrogen) atoms. The van der Waals surface area contributed by atoms with E-state index in [1.54, 1.807) is 17.2 Å². The Morgan fingerprint density at radius 3 is 3.04 bits per heavy atom. The average Bonchev–Trinajstić information content (AvgIpc) is 3.15. The summed E-state index contributed by atoms with van der Waals surface area (Å²) in [6.45, 7) is 7.58. The molecule has 0 unspecified atom stereocenters. The van der Waals surface area contributed by atoms with Gasteiger partial charge in [-0.3, -0.25) is 4.79 Å². The summed E-state index contributed by atoms with van der Waals surface area (Å²) in [4.78, 5) is 22.0. The van der Waals surface area contributed by atoms with E-state index in [-0.39, 0.29) is 17.7 Å². The van der Waals surface area contributed by atoms with Crippen LogP contribution in [-0.4, -0.2) is 45.7 Å². The SMILES string of the molecule is Cc1cnc([C@H]2COCCN2C(=O)c2cc(CC(C)C)no2)[nH]1. The Hall–Kier alpha value is -2.15. The highest BCUT2D eigenvalue weighted by molar-refractivity contribution is 5.91. The van der Waals surface area contributed by atoms with Crippen LogP contribution < -0.4 is 0 Å². The Morgan fingerprint density at radius 1 is 1.52 bits per heavy atom. The van der Waals surface area contributed by atoms with E-state index >= 15 is 0 Å². The molecule has 7 nitrogen and oxygen atoms in total. The Kier molecular flexibility index (Phi) is 4.47. The van der Waals surface area contributed by atoms with Crippen LogP contribution in [0, 0.1) is 12.8 Å². The quantitative estimate of drug-likeness (QED) is 0.933. The van der Waals surface area contributed by atoms with E-state index in [9.17, 15) is 4.79 Å². The molecule has 1 aliphatic rings. The van der Waals surface area contributed by atoms with Gasteiger partial charge in [0.25, 0.3) is 5.91 Å². The van der Waals surface area contributed by atoms with Gasteiger partial charge in [0.15, 0.2) is 0 Å². The second-order valence-electron chi connectivity index (χ2n) is 6.32. The Balaban J connectivity index is 1.79. The van der Waals surface area contributed by atoms with Crippen LogP contribution in [0.4, 0.5) is 0 Å². The molecule has 0 radical (unpaired) electrons. The van der Waals surface area contributed by atoms with Crippen molar-refractivity contribution in [3.63, 3.8) is 0 Å². The van der Waals surface area contributed by atoms with Gasteiger partial charge >= 0.3 is 0 Å². The normalized spacial score (nSPS) is 18.6. The van der Waals surface area contributed by atoms with Crippen LogP contribution >= 0.6 is 0 Å². The molecular formula is C16H22N4O3. The van der Waals surface area contributed by atoms with Gasteiger partial charge in [-0.05, 0) is 19.3 Å². The topological polar surface area (TPSA) is 84.2 Å². The number of hydrogen-bond donors (Lipinski definition) is 1. The molecule has 0 saturated carbocycles. The molecule has 1 fully saturated rings. The van der Waals surface area contributed by atoms with Gasteiger partial charge in [0.05, 0.1) is 18.9 Å². The van der Waals surface area contributed by atoms with Crippen molar-refractivity contribution in [3.05, 3.63) is 35.2 Å². The summed E-state index contributed by atoms with van der Waals surface area (Å²) in [5.41, 5.74) is 1.76. The standard InChI is InChI=1S/C16H22N4O3/c1-10(2)6-12-7-14(23-19-12)16(21)20-4-5-22-9-13(20)15-17-8-11(3)18-15/h7-8,10,13H,4-6,9H2,1-3H3,(H,17,18)/t13-/m1/s1. The fraction of sp³-hybridized carbons (Fsp3) is 0.562. The van der Waals surface area contributed by atoms with Gasteiger partial charge < -0.3 is 19.1 Å². The zero-order valence-corrected chi connectivity index (χ0v) is 13.7. The second kappa shape index (κ2) is 6.54. The summed E-state index contributed by atoms with van der Waals surface area (Å²) in [7, 11) is 0. The molecule has 0 aromatic carbocycles. The first-order valence-corrected chi connectivity index (χ1v) is 7.90. The minimum absolute atomic E-state index is 0.171. The van der Waals surface area contributed by atoms with Crippen molar-refractivity contribution >= 4 is 5.91 Å². The van der Waals surface area contributed by atoms with Gasteiger partial charge in [-0.25, -0.2) is 4.98 Å². The van der Waals surface area contributed by atoms with Crippen molar-refractivity contribution in [3.8, 4) is 0 Å². The Morgan fingerprint density at radius 2 is 2.35 bits per heavy atom. The predicted molar refractivity (Wildman–Crippen MR) is 83.0 cm³/mol. The number of ether oxygens (including phenoxy) is 1. The molecule has 3 rings (SSSR count). The number of aromatic amines is 1. The molecule has 2 aromatic heterocycles. The van der Waals surface area contributed by atoms with Crippen LogP contribution in [0.25, 0.3) is 0 Å². The molecule has 1 aliphatic heterocycles. The van der Waals surface area contributed by atoms with Crippen LogP contribution in [0.1, 0.15) is 47.7 Å². The largest absolute Gasteiger partial charge is 0.377 e. The Labute approximate surface area is 135 Å². The van der Waals surface area contributed by atoms with E-state index in [0.717, 1.165) is 23.6 Å². The number of morpholine rings is 1. The van der Waals surface area contributed by atoms with E-state index < -0.39 is 0 Å². The highest BCUT2D eigenvalue weighted by Crippen LogP contribution is 2.24. The number of amides is 1. The van der Waals surface area contributed by atoms with Crippen molar-refractivity contribution in [2.45, 2.75) is 33.2 Å². The average molecular weight is 318 g/mol. The lowest BCUT2D eigenvalue weighted by atomic mass is 10.1. The summed E-state index contributed by atoms with van der Waals surface area (Å²) < 4.78 is 10.8. The zero-order valence-electron chi connectivity index (χ0n) is 13.7. The molecule has 3 heterocycles. The van der Waals surface area contributed by atoms with E-state index in [2.05, 4.69) is 29.0 Å². The molecule has 0 spiro atoms. The van der Waals surface area contributed by atoms with Crippen LogP contribution in [-0.2, 0) is 11.2 Å². The first kappa shape index (κ1) is 15.7. The molecule has 0 aliphatic carbocycles. The third-order valence-electron chi connectivity index (χ3n) is 3.81. The van der Waals surface area contributed by atoms with Crippen LogP contribution in [0.3, 0.4) is 0 Å². The number of hydrogen-bond acceptors (Lipinski definition) is 5. The minimum atomic E-state index is -0.233. The van der Waals surface area contributed by atoms with Crippen LogP contribution in [0.5, 0.6) is 0 Å². The van der Waals surface area contributed by atoms with Crippen molar-refractivity contribution < 1.29 is 14.1 Å². The molecule has 0 bridgehead atoms. The van der Waals surface area contributed by atoms with Gasteiger partial charge in [0, 0.05) is 24.5 Å². The third kappa shape index (κ3) is 3.44. The van der Waals surface area contributed by atoms with Crippen LogP contribution in [0.2, 0.25) is 0 Å². The number of imidazole rings is 1. The maximum absolute atomic E-state index is 12.8. The first-order valence-electron chi connectivity index (χ1n) is 7.90. The number of H-pyrrole nitrogens is 1. The van der Waals surface area contributed by atoms with E-state index in [0.29, 0.717) is 25.7 Å². The molecule has 7 heteroatoms. The number of nitrogens with zero attached hydrogens (tertiary/aromatic N) is 3. The summed E-state index contributed by atoms with van der Waals surface area (Å²) in [6, 6.07) is 1.51. The van der Waals surface area contributed by atoms with Crippen LogP contribution in [0.15, 0.2) is 16.8 Å². The van der Waals surface area contributed by atoms with E-state index in [1.165, 1.54) is 0 Å². The molecule has 124 valence electrons. The number of nitrogens with one attached hydrogen (secondary N) is 1. The fourth-order valence-electron chi connectivity index (χ4n) is 2.74. The molecule has 2 aromatic rings. The number of carbonyl (C=O) groups is 1.